The van der Waals surface area contributed by atoms with E-state index in [4.69, 9.17) is 14.2 Å². The molecule has 2 rings (SSSR count). The summed E-state index contributed by atoms with van der Waals surface area (Å²) in [5, 5.41) is 3.74. The zero-order valence-corrected chi connectivity index (χ0v) is 20.4. The van der Waals surface area contributed by atoms with Crippen LogP contribution in [0.5, 0.6) is 0 Å². The van der Waals surface area contributed by atoms with E-state index in [1.807, 2.05) is 0 Å². The maximum Gasteiger partial charge on any atom is 0.351 e. The molecular weight excluding hydrogens is 446 g/mol. The van der Waals surface area contributed by atoms with Crippen molar-refractivity contribution in [1.29, 1.82) is 0 Å². The fourth-order valence-corrected chi connectivity index (χ4v) is 3.20. The number of hydrogen-bond donors (Lipinski definition) is 0. The van der Waals surface area contributed by atoms with Gasteiger partial charge in [-0.2, -0.15) is 4.98 Å². The molecule has 13 nitrogen and oxygen atoms in total. The average molecular weight is 478 g/mol. The van der Waals surface area contributed by atoms with E-state index in [-0.39, 0.29) is 5.82 Å². The predicted molar refractivity (Wildman–Crippen MR) is 122 cm³/mol. The maximum absolute atomic E-state index is 12.8. The highest BCUT2D eigenvalue weighted by Gasteiger charge is 2.57. The zero-order chi connectivity index (χ0) is 25.6. The van der Waals surface area contributed by atoms with Crippen molar-refractivity contribution in [2.24, 2.45) is 27.9 Å². The molecule has 1 aliphatic rings. The van der Waals surface area contributed by atoms with Gasteiger partial charge in [0.25, 0.3) is 0 Å². The van der Waals surface area contributed by atoms with Crippen LogP contribution in [0.25, 0.3) is 10.4 Å². The van der Waals surface area contributed by atoms with Gasteiger partial charge < -0.3 is 19.1 Å². The van der Waals surface area contributed by atoms with Gasteiger partial charge in [-0.3, -0.25) is 14.2 Å². The molecular formula is C21H31N7O6. The second-order valence-corrected chi connectivity index (χ2v) is 8.86. The molecule has 0 spiro atoms. The van der Waals surface area contributed by atoms with Gasteiger partial charge in [-0.1, -0.05) is 39.7 Å². The number of aliphatic imine (C=N–C) groups is 1. The summed E-state index contributed by atoms with van der Waals surface area (Å²) in [5.74, 6) is -2.52. The lowest BCUT2D eigenvalue weighted by Crippen LogP contribution is -2.47. The summed E-state index contributed by atoms with van der Waals surface area (Å²) in [5.41, 5.74) is 6.71. The Kier molecular flexibility index (Phi) is 8.77. The lowest BCUT2D eigenvalue weighted by atomic mass is 9.97. The quantitative estimate of drug-likeness (QED) is 0.131. The summed E-state index contributed by atoms with van der Waals surface area (Å²) in [6.45, 7) is 7.76. The standard InChI is InChI=1S/C21H31N7O6/c1-12(2)18(29)32-10-21(25-26-22)16(33-19(30)13(3)4)14(5)17(34-21)28-9-8-15(24-20(28)31)23-11-27(6)7/h8-9,11-14,16-17H,10H2,1-7H3/t14-,16-,17+,21+/m0/s1. The number of carbonyl (C=O) groups excluding carboxylic acids is 2. The zero-order valence-electron chi connectivity index (χ0n) is 20.4. The predicted octanol–water partition coefficient (Wildman–Crippen LogP) is 2.40. The van der Waals surface area contributed by atoms with Gasteiger partial charge in [0, 0.05) is 31.1 Å². The highest BCUT2D eigenvalue weighted by atomic mass is 16.6. The first-order chi connectivity index (χ1) is 15.9. The Hall–Kier alpha value is -3.44. The Labute approximate surface area is 197 Å². The van der Waals surface area contributed by atoms with Crippen molar-refractivity contribution < 1.29 is 23.8 Å². The minimum atomic E-state index is -1.88. The van der Waals surface area contributed by atoms with Gasteiger partial charge in [-0.05, 0) is 11.6 Å². The molecule has 2 heterocycles. The fraction of sp³-hybridized carbons (Fsp3) is 0.667. The van der Waals surface area contributed by atoms with Gasteiger partial charge in [0.15, 0.2) is 5.82 Å². The molecule has 0 aliphatic carbocycles. The number of carbonyl (C=O) groups is 2. The first-order valence-electron chi connectivity index (χ1n) is 10.8. The summed E-state index contributed by atoms with van der Waals surface area (Å²) >= 11 is 0. The summed E-state index contributed by atoms with van der Waals surface area (Å²) < 4.78 is 18.2. The largest absolute Gasteiger partial charge is 0.462 e. The van der Waals surface area contributed by atoms with Crippen molar-refractivity contribution in [3.63, 3.8) is 0 Å². The molecule has 1 aromatic rings. The number of nitrogens with zero attached hydrogens (tertiary/aromatic N) is 7. The van der Waals surface area contributed by atoms with E-state index in [0.717, 1.165) is 0 Å². The van der Waals surface area contributed by atoms with Crippen molar-refractivity contribution in [3.8, 4) is 0 Å². The molecule has 1 fully saturated rings. The third-order valence-electron chi connectivity index (χ3n) is 5.03. The highest BCUT2D eigenvalue weighted by molar-refractivity contribution is 5.72. The third-order valence-corrected chi connectivity index (χ3v) is 5.03. The summed E-state index contributed by atoms with van der Waals surface area (Å²) in [6.07, 6.45) is 0.770. The van der Waals surface area contributed by atoms with E-state index in [0.29, 0.717) is 0 Å². The first kappa shape index (κ1) is 26.8. The van der Waals surface area contributed by atoms with Gasteiger partial charge in [0.2, 0.25) is 5.72 Å². The Balaban J connectivity index is 2.49. The van der Waals surface area contributed by atoms with Crippen LogP contribution in [0.1, 0.15) is 40.8 Å². The van der Waals surface area contributed by atoms with E-state index in [1.54, 1.807) is 53.6 Å². The Bertz CT molecular complexity index is 1030. The van der Waals surface area contributed by atoms with Crippen LogP contribution in [-0.2, 0) is 23.8 Å². The van der Waals surface area contributed by atoms with Crippen LogP contribution in [0, 0.1) is 17.8 Å². The van der Waals surface area contributed by atoms with Gasteiger partial charge >= 0.3 is 17.6 Å². The van der Waals surface area contributed by atoms with Crippen LogP contribution in [0.15, 0.2) is 27.2 Å². The molecule has 0 saturated carbocycles. The fourth-order valence-electron chi connectivity index (χ4n) is 3.20. The van der Waals surface area contributed by atoms with Crippen LogP contribution in [0.4, 0.5) is 5.82 Å². The molecule has 186 valence electrons. The number of hydrogen-bond acceptors (Lipinski definition) is 9. The normalized spacial score (nSPS) is 24.3. The van der Waals surface area contributed by atoms with Crippen molar-refractivity contribution in [2.75, 3.05) is 20.7 Å². The van der Waals surface area contributed by atoms with E-state index in [1.165, 1.54) is 23.2 Å². The van der Waals surface area contributed by atoms with E-state index >= 15 is 0 Å². The van der Waals surface area contributed by atoms with Crippen LogP contribution in [-0.4, -0.2) is 65.3 Å². The molecule has 4 atom stereocenters. The number of ether oxygens (including phenoxy) is 3. The topological polar surface area (TPSA) is 161 Å². The van der Waals surface area contributed by atoms with Crippen LogP contribution < -0.4 is 5.69 Å². The molecule has 0 radical (unpaired) electrons. The third kappa shape index (κ3) is 6.12. The lowest BCUT2D eigenvalue weighted by Gasteiger charge is -2.30. The van der Waals surface area contributed by atoms with Crippen LogP contribution in [0.3, 0.4) is 0 Å². The molecule has 0 N–H and O–H groups in total. The van der Waals surface area contributed by atoms with E-state index in [9.17, 15) is 19.9 Å². The van der Waals surface area contributed by atoms with E-state index < -0.39 is 60.0 Å². The molecule has 34 heavy (non-hydrogen) atoms. The number of rotatable bonds is 9. The van der Waals surface area contributed by atoms with Crippen molar-refractivity contribution in [3.05, 3.63) is 33.2 Å². The van der Waals surface area contributed by atoms with Gasteiger partial charge in [0.1, 0.15) is 18.9 Å². The summed E-state index contributed by atoms with van der Waals surface area (Å²) in [4.78, 5) is 49.9. The number of aromatic nitrogens is 2. The van der Waals surface area contributed by atoms with Gasteiger partial charge in [0.05, 0.1) is 18.2 Å². The molecule has 13 heteroatoms. The molecule has 0 unspecified atom stereocenters. The summed E-state index contributed by atoms with van der Waals surface area (Å²) in [6, 6.07) is 1.51. The van der Waals surface area contributed by atoms with Crippen molar-refractivity contribution in [1.82, 2.24) is 14.5 Å². The van der Waals surface area contributed by atoms with E-state index in [2.05, 4.69) is 20.0 Å². The monoisotopic (exact) mass is 477 g/mol. The van der Waals surface area contributed by atoms with Crippen molar-refractivity contribution >= 4 is 24.1 Å². The van der Waals surface area contributed by atoms with Gasteiger partial charge in [-0.25, -0.2) is 9.79 Å². The highest BCUT2D eigenvalue weighted by Crippen LogP contribution is 2.44. The molecule has 1 aromatic heterocycles. The second kappa shape index (κ2) is 11.1. The Morgan fingerprint density at radius 2 is 1.97 bits per heavy atom. The summed E-state index contributed by atoms with van der Waals surface area (Å²) in [7, 11) is 3.55. The minimum Gasteiger partial charge on any atom is -0.462 e. The molecule has 1 saturated heterocycles. The minimum absolute atomic E-state index is 0.190. The average Bonchev–Trinajstić information content (AvgIpc) is 3.02. The Morgan fingerprint density at radius 1 is 1.32 bits per heavy atom. The van der Waals surface area contributed by atoms with Crippen LogP contribution >= 0.6 is 0 Å². The van der Waals surface area contributed by atoms with Gasteiger partial charge in [-0.15, -0.1) is 0 Å². The maximum atomic E-state index is 12.8. The Morgan fingerprint density at radius 3 is 2.50 bits per heavy atom. The second-order valence-electron chi connectivity index (χ2n) is 8.86. The molecule has 0 aromatic carbocycles. The molecule has 0 amide bonds. The SMILES string of the molecule is CC(C)C(=O)OC[C@@]1(N=[N+]=[N-])O[C@@H](n2ccc(N=CN(C)C)nc2=O)[C@@H](C)[C@@H]1OC(=O)C(C)C. The number of esters is 2. The smallest absolute Gasteiger partial charge is 0.351 e. The molecule has 1 aliphatic heterocycles. The van der Waals surface area contributed by atoms with Crippen LogP contribution in [0.2, 0.25) is 0 Å². The first-order valence-corrected chi connectivity index (χ1v) is 10.8. The number of azide groups is 1. The molecule has 0 bridgehead atoms. The lowest BCUT2D eigenvalue weighted by molar-refractivity contribution is -0.180. The van der Waals surface area contributed by atoms with Crippen molar-refractivity contribution in [2.45, 2.75) is 52.7 Å².